The van der Waals surface area contributed by atoms with Gasteiger partial charge in [0.2, 0.25) is 5.82 Å². The Bertz CT molecular complexity index is 471. The van der Waals surface area contributed by atoms with E-state index in [9.17, 15) is 22.4 Å². The van der Waals surface area contributed by atoms with Crippen molar-refractivity contribution in [3.63, 3.8) is 0 Å². The van der Waals surface area contributed by atoms with Crippen LogP contribution in [0.15, 0.2) is 0 Å². The lowest BCUT2D eigenvalue weighted by molar-refractivity contribution is -0.147. The molecule has 10 heteroatoms. The number of carbonyl (C=O) groups is 1. The van der Waals surface area contributed by atoms with Gasteiger partial charge in [0, 0.05) is 0 Å². The normalized spacial score (nSPS) is 18.1. The van der Waals surface area contributed by atoms with E-state index in [1.165, 1.54) is 0 Å². The summed E-state index contributed by atoms with van der Waals surface area (Å²) in [6, 6.07) is 0. The minimum absolute atomic E-state index is 0.280. The molecular formula is C8H8F4N4O2. The van der Waals surface area contributed by atoms with Crippen LogP contribution >= 0.6 is 0 Å². The second-order valence-electron chi connectivity index (χ2n) is 4.17. The molecule has 1 N–H and O–H groups in total. The van der Waals surface area contributed by atoms with E-state index in [-0.39, 0.29) is 12.8 Å². The molecule has 1 fully saturated rings. The Hall–Kier alpha value is -1.74. The van der Waals surface area contributed by atoms with Crippen molar-refractivity contribution in [2.24, 2.45) is 5.41 Å². The molecule has 0 saturated heterocycles. The van der Waals surface area contributed by atoms with Gasteiger partial charge in [-0.1, -0.05) is 0 Å². The molecule has 1 aromatic heterocycles. The van der Waals surface area contributed by atoms with Gasteiger partial charge in [0.1, 0.15) is 0 Å². The number of alkyl halides is 4. The lowest BCUT2D eigenvalue weighted by Crippen LogP contribution is -2.31. The number of carboxylic acids is 1. The SMILES string of the molecule is O=C(O)C1(Cn2nnnc2C(F)(F)C(F)F)CC1. The first kappa shape index (κ1) is 12.7. The zero-order valence-corrected chi connectivity index (χ0v) is 8.85. The van der Waals surface area contributed by atoms with Crippen molar-refractivity contribution in [3.05, 3.63) is 5.82 Å². The second kappa shape index (κ2) is 3.89. The van der Waals surface area contributed by atoms with Gasteiger partial charge in [-0.15, -0.1) is 5.10 Å². The predicted octanol–water partition coefficient (Wildman–Crippen LogP) is 0.895. The fraction of sp³-hybridized carbons (Fsp3) is 0.750. The average Bonchev–Trinajstić information content (AvgIpc) is 2.89. The maximum atomic E-state index is 13.1. The van der Waals surface area contributed by atoms with Crippen LogP contribution in [-0.2, 0) is 17.3 Å². The summed E-state index contributed by atoms with van der Waals surface area (Å²) in [7, 11) is 0. The van der Waals surface area contributed by atoms with Crippen molar-refractivity contribution >= 4 is 5.97 Å². The maximum Gasteiger partial charge on any atom is 0.367 e. The third-order valence-electron chi connectivity index (χ3n) is 2.86. The fourth-order valence-electron chi connectivity index (χ4n) is 1.52. The number of nitrogens with zero attached hydrogens (tertiary/aromatic N) is 4. The van der Waals surface area contributed by atoms with Crippen LogP contribution in [0, 0.1) is 5.41 Å². The smallest absolute Gasteiger partial charge is 0.367 e. The molecule has 0 spiro atoms. The number of hydrogen-bond donors (Lipinski definition) is 1. The Balaban J connectivity index is 2.27. The molecule has 18 heavy (non-hydrogen) atoms. The molecule has 100 valence electrons. The standard InChI is InChI=1S/C8H8F4N4O2/c9-4(10)8(11,12)5-13-14-15-16(5)3-7(1-2-7)6(17)18/h4H,1-3H2,(H,17,18). The Morgan fingerprint density at radius 1 is 1.50 bits per heavy atom. The Labute approximate surface area is 97.6 Å². The van der Waals surface area contributed by atoms with E-state index in [4.69, 9.17) is 5.11 Å². The zero-order chi connectivity index (χ0) is 13.6. The Morgan fingerprint density at radius 2 is 2.11 bits per heavy atom. The molecule has 2 rings (SSSR count). The van der Waals surface area contributed by atoms with E-state index in [1.807, 2.05) is 0 Å². The minimum Gasteiger partial charge on any atom is -0.481 e. The summed E-state index contributed by atoms with van der Waals surface area (Å²) in [6.07, 6.45) is -3.40. The van der Waals surface area contributed by atoms with Crippen LogP contribution in [-0.4, -0.2) is 37.7 Å². The van der Waals surface area contributed by atoms with Gasteiger partial charge >= 0.3 is 18.3 Å². The number of rotatable bonds is 5. The fourth-order valence-corrected chi connectivity index (χ4v) is 1.52. The molecule has 0 bridgehead atoms. The van der Waals surface area contributed by atoms with Crippen LogP contribution in [0.1, 0.15) is 18.7 Å². The van der Waals surface area contributed by atoms with Gasteiger partial charge in [-0.3, -0.25) is 4.79 Å². The van der Waals surface area contributed by atoms with Gasteiger partial charge in [-0.05, 0) is 23.3 Å². The highest BCUT2D eigenvalue weighted by atomic mass is 19.3. The third-order valence-corrected chi connectivity index (χ3v) is 2.86. The minimum atomic E-state index is -4.50. The molecule has 0 amide bonds. The van der Waals surface area contributed by atoms with Crippen LogP contribution in [0.2, 0.25) is 0 Å². The van der Waals surface area contributed by atoms with E-state index in [2.05, 4.69) is 15.5 Å². The highest BCUT2D eigenvalue weighted by Gasteiger charge is 2.54. The van der Waals surface area contributed by atoms with Gasteiger partial charge in [0.15, 0.2) is 0 Å². The van der Waals surface area contributed by atoms with Crippen LogP contribution in [0.4, 0.5) is 17.6 Å². The summed E-state index contributed by atoms with van der Waals surface area (Å²) in [5.41, 5.74) is -1.22. The van der Waals surface area contributed by atoms with Crippen molar-refractivity contribution < 1.29 is 27.5 Å². The average molecular weight is 268 g/mol. The molecule has 0 aromatic carbocycles. The first-order chi connectivity index (χ1) is 8.29. The summed E-state index contributed by atoms with van der Waals surface area (Å²) < 4.78 is 51.0. The predicted molar refractivity (Wildman–Crippen MR) is 47.0 cm³/mol. The van der Waals surface area contributed by atoms with E-state index >= 15 is 0 Å². The summed E-state index contributed by atoms with van der Waals surface area (Å²) in [5, 5.41) is 17.8. The molecule has 0 radical (unpaired) electrons. The van der Waals surface area contributed by atoms with Gasteiger partial charge in [-0.2, -0.15) is 8.78 Å². The lowest BCUT2D eigenvalue weighted by atomic mass is 10.1. The summed E-state index contributed by atoms with van der Waals surface area (Å²) in [6.45, 7) is -0.438. The van der Waals surface area contributed by atoms with Gasteiger partial charge in [-0.25, -0.2) is 13.5 Å². The number of aliphatic carboxylic acids is 1. The summed E-state index contributed by atoms with van der Waals surface area (Å²) >= 11 is 0. The molecule has 1 aliphatic carbocycles. The largest absolute Gasteiger partial charge is 0.481 e. The summed E-state index contributed by atoms with van der Waals surface area (Å²) in [4.78, 5) is 10.9. The molecule has 6 nitrogen and oxygen atoms in total. The molecule has 0 atom stereocenters. The molecule has 1 aromatic rings. The van der Waals surface area contributed by atoms with Crippen LogP contribution < -0.4 is 0 Å². The highest BCUT2D eigenvalue weighted by Crippen LogP contribution is 2.47. The van der Waals surface area contributed by atoms with E-state index in [0.717, 1.165) is 0 Å². The molecule has 0 aliphatic heterocycles. The van der Waals surface area contributed by atoms with Crippen molar-refractivity contribution in [2.75, 3.05) is 0 Å². The van der Waals surface area contributed by atoms with E-state index in [0.29, 0.717) is 4.68 Å². The third kappa shape index (κ3) is 1.91. The van der Waals surface area contributed by atoms with Crippen LogP contribution in [0.25, 0.3) is 0 Å². The van der Waals surface area contributed by atoms with Crippen molar-refractivity contribution in [1.29, 1.82) is 0 Å². The Kier molecular flexibility index (Phi) is 2.74. The van der Waals surface area contributed by atoms with Crippen LogP contribution in [0.3, 0.4) is 0 Å². The molecule has 1 saturated carbocycles. The monoisotopic (exact) mass is 268 g/mol. The van der Waals surface area contributed by atoms with Crippen molar-refractivity contribution in [2.45, 2.75) is 31.7 Å². The van der Waals surface area contributed by atoms with E-state index in [1.54, 1.807) is 0 Å². The van der Waals surface area contributed by atoms with Crippen molar-refractivity contribution in [3.8, 4) is 0 Å². The zero-order valence-electron chi connectivity index (χ0n) is 8.85. The number of tetrazole rings is 1. The molecule has 0 unspecified atom stereocenters. The van der Waals surface area contributed by atoms with E-state index < -0.39 is 36.1 Å². The second-order valence-corrected chi connectivity index (χ2v) is 4.17. The summed E-state index contributed by atoms with van der Waals surface area (Å²) in [5.74, 6) is -6.99. The van der Waals surface area contributed by atoms with Crippen LogP contribution in [0.5, 0.6) is 0 Å². The first-order valence-corrected chi connectivity index (χ1v) is 4.95. The lowest BCUT2D eigenvalue weighted by Gasteiger charge is -2.16. The number of carboxylic acid groups (broad SMARTS) is 1. The van der Waals surface area contributed by atoms with Crippen molar-refractivity contribution in [1.82, 2.24) is 20.2 Å². The van der Waals surface area contributed by atoms with Gasteiger partial charge < -0.3 is 5.11 Å². The molecule has 1 aliphatic rings. The van der Waals surface area contributed by atoms with Gasteiger partial charge in [0.05, 0.1) is 12.0 Å². The molecule has 1 heterocycles. The first-order valence-electron chi connectivity index (χ1n) is 4.95. The molecular weight excluding hydrogens is 260 g/mol. The Morgan fingerprint density at radius 3 is 2.56 bits per heavy atom. The number of hydrogen-bond acceptors (Lipinski definition) is 4. The number of halogens is 4. The highest BCUT2D eigenvalue weighted by molar-refractivity contribution is 5.77. The quantitative estimate of drug-likeness (QED) is 0.802. The van der Waals surface area contributed by atoms with Gasteiger partial charge in [0.25, 0.3) is 0 Å². The maximum absolute atomic E-state index is 13.1. The topological polar surface area (TPSA) is 80.9 Å². The number of aromatic nitrogens is 4.